The molecule has 10 heteroatoms. The fraction of sp³-hybridized carbons (Fsp3) is 0.367. The summed E-state index contributed by atoms with van der Waals surface area (Å²) in [5.74, 6) is 2.01. The third-order valence-corrected chi connectivity index (χ3v) is 8.93. The van der Waals surface area contributed by atoms with Gasteiger partial charge in [-0.15, -0.1) is 0 Å². The monoisotopic (exact) mass is 553 g/mol. The first-order valence-electron chi connectivity index (χ1n) is 13.7. The lowest BCUT2D eigenvalue weighted by atomic mass is 9.59. The summed E-state index contributed by atoms with van der Waals surface area (Å²) >= 11 is 6.27. The van der Waals surface area contributed by atoms with Crippen molar-refractivity contribution in [2.75, 3.05) is 11.5 Å². The molecule has 9 nitrogen and oxygen atoms in total. The molecule has 2 saturated carbocycles. The zero-order chi connectivity index (χ0) is 27.4. The van der Waals surface area contributed by atoms with E-state index in [1.165, 1.54) is 0 Å². The Morgan fingerprint density at radius 1 is 1.20 bits per heavy atom. The van der Waals surface area contributed by atoms with E-state index in [1.807, 2.05) is 19.2 Å². The van der Waals surface area contributed by atoms with E-state index in [0.717, 1.165) is 54.6 Å². The van der Waals surface area contributed by atoms with Crippen molar-refractivity contribution < 1.29 is 9.53 Å². The first kappa shape index (κ1) is 24.9. The Morgan fingerprint density at radius 3 is 2.73 bits per heavy atom. The van der Waals surface area contributed by atoms with E-state index in [4.69, 9.17) is 21.3 Å². The van der Waals surface area contributed by atoms with Crippen molar-refractivity contribution in [3.63, 3.8) is 0 Å². The van der Waals surface area contributed by atoms with Gasteiger partial charge in [-0.2, -0.15) is 10.4 Å². The van der Waals surface area contributed by atoms with Crippen molar-refractivity contribution >= 4 is 28.8 Å². The van der Waals surface area contributed by atoms with Crippen molar-refractivity contribution in [3.8, 4) is 22.9 Å². The lowest BCUT2D eigenvalue weighted by Crippen LogP contribution is -2.69. The van der Waals surface area contributed by atoms with Crippen LogP contribution < -0.4 is 15.0 Å². The second-order valence-corrected chi connectivity index (χ2v) is 11.5. The minimum Gasteiger partial charge on any atom is -0.492 e. The van der Waals surface area contributed by atoms with E-state index in [-0.39, 0.29) is 17.1 Å². The van der Waals surface area contributed by atoms with E-state index in [1.54, 1.807) is 35.2 Å². The fourth-order valence-corrected chi connectivity index (χ4v) is 7.56. The summed E-state index contributed by atoms with van der Waals surface area (Å²) in [7, 11) is 0. The van der Waals surface area contributed by atoms with Crippen molar-refractivity contribution in [2.45, 2.75) is 56.7 Å². The van der Waals surface area contributed by atoms with Crippen molar-refractivity contribution in [2.24, 2.45) is 5.92 Å². The average molecular weight is 554 g/mol. The molecule has 1 N–H and O–H groups in total. The second-order valence-electron chi connectivity index (χ2n) is 11.1. The molecule has 0 aromatic carbocycles. The smallest absolute Gasteiger partial charge is 0.271 e. The lowest BCUT2D eigenvalue weighted by molar-refractivity contribution is 0.0357. The third-order valence-electron chi connectivity index (χ3n) is 8.62. The van der Waals surface area contributed by atoms with E-state index in [0.29, 0.717) is 40.9 Å². The molecule has 4 bridgehead atoms. The number of rotatable bonds is 6. The SMILES string of the molecule is CCOc1cc(-c2ccc(N3[C@@H]4C[C@@H]5C[C@H]3C[C@@](NC(=O)c3ncccc3Cl)(C5)C4)nc2)c2c(C#N)cnn2c1. The number of carbonyl (C=O) groups excluding carboxylic acids is 1. The van der Waals surface area contributed by atoms with Crippen LogP contribution in [0.15, 0.2) is 55.1 Å². The van der Waals surface area contributed by atoms with Gasteiger partial charge >= 0.3 is 0 Å². The largest absolute Gasteiger partial charge is 0.492 e. The Labute approximate surface area is 236 Å². The molecule has 2 saturated heterocycles. The number of halogens is 1. The number of fused-ring (bicyclic) bond motifs is 1. The molecule has 2 aliphatic heterocycles. The van der Waals surface area contributed by atoms with Gasteiger partial charge in [-0.1, -0.05) is 11.6 Å². The summed E-state index contributed by atoms with van der Waals surface area (Å²) in [6.45, 7) is 2.47. The number of nitrogens with one attached hydrogen (secondary N) is 1. The molecule has 4 fully saturated rings. The number of piperidine rings is 2. The normalized spacial score (nSPS) is 24.7. The molecule has 6 heterocycles. The maximum atomic E-state index is 13.1. The third kappa shape index (κ3) is 4.06. The molecule has 4 aromatic rings. The summed E-state index contributed by atoms with van der Waals surface area (Å²) in [6, 6.07) is 12.4. The Balaban J connectivity index is 1.16. The number of ether oxygens (including phenoxy) is 1. The molecule has 4 aromatic heterocycles. The number of nitrogens with zero attached hydrogens (tertiary/aromatic N) is 6. The molecule has 0 unspecified atom stereocenters. The van der Waals surface area contributed by atoms with Gasteiger partial charge in [0.1, 0.15) is 23.3 Å². The lowest BCUT2D eigenvalue weighted by Gasteiger charge is -2.62. The van der Waals surface area contributed by atoms with Gasteiger partial charge in [-0.05, 0) is 75.3 Å². The van der Waals surface area contributed by atoms with Crippen LogP contribution in [0.5, 0.6) is 5.75 Å². The minimum absolute atomic E-state index is 0.196. The van der Waals surface area contributed by atoms with E-state index in [9.17, 15) is 10.1 Å². The van der Waals surface area contributed by atoms with Crippen LogP contribution in [0.25, 0.3) is 16.6 Å². The molecular weight excluding hydrogens is 526 g/mol. The van der Waals surface area contributed by atoms with Crippen LogP contribution in [0.2, 0.25) is 5.02 Å². The average Bonchev–Trinajstić information content (AvgIpc) is 3.36. The molecule has 202 valence electrons. The van der Waals surface area contributed by atoms with E-state index < -0.39 is 0 Å². The highest BCUT2D eigenvalue weighted by Gasteiger charge is 2.55. The zero-order valence-corrected chi connectivity index (χ0v) is 22.8. The molecule has 0 spiro atoms. The van der Waals surface area contributed by atoms with Crippen LogP contribution >= 0.6 is 11.6 Å². The number of amides is 1. The topological polar surface area (TPSA) is 108 Å². The Morgan fingerprint density at radius 2 is 2.02 bits per heavy atom. The van der Waals surface area contributed by atoms with Crippen LogP contribution in [-0.2, 0) is 0 Å². The predicted molar refractivity (Wildman–Crippen MR) is 150 cm³/mol. The van der Waals surface area contributed by atoms with Gasteiger partial charge in [0.25, 0.3) is 5.91 Å². The van der Waals surface area contributed by atoms with Crippen LogP contribution in [-0.4, -0.2) is 49.7 Å². The quantitative estimate of drug-likeness (QED) is 0.356. The summed E-state index contributed by atoms with van der Waals surface area (Å²) in [5, 5.41) is 17.7. The number of carbonyl (C=O) groups is 1. The van der Waals surface area contributed by atoms with Gasteiger partial charge in [-0.25, -0.2) is 14.5 Å². The Bertz CT molecular complexity index is 1650. The minimum atomic E-state index is -0.244. The number of anilines is 1. The number of aromatic nitrogens is 4. The molecule has 1 amide bonds. The molecule has 2 aliphatic carbocycles. The second kappa shape index (κ2) is 9.49. The van der Waals surface area contributed by atoms with Crippen LogP contribution in [0, 0.1) is 17.2 Å². The molecule has 4 aliphatic rings. The summed E-state index contributed by atoms with van der Waals surface area (Å²) in [6.07, 6.45) is 11.8. The first-order valence-corrected chi connectivity index (χ1v) is 14.1. The maximum Gasteiger partial charge on any atom is 0.271 e. The van der Waals surface area contributed by atoms with Crippen LogP contribution in [0.1, 0.15) is 55.1 Å². The van der Waals surface area contributed by atoms with Gasteiger partial charge in [0.15, 0.2) is 0 Å². The van der Waals surface area contributed by atoms with Crippen LogP contribution in [0.3, 0.4) is 0 Å². The molecule has 8 rings (SSSR count). The summed E-state index contributed by atoms with van der Waals surface area (Å²) in [5.41, 5.74) is 3.04. The van der Waals surface area contributed by atoms with E-state index >= 15 is 0 Å². The number of nitriles is 1. The highest BCUT2D eigenvalue weighted by molar-refractivity contribution is 6.33. The number of hydrogen-bond donors (Lipinski definition) is 1. The van der Waals surface area contributed by atoms with Gasteiger partial charge in [0, 0.05) is 41.1 Å². The van der Waals surface area contributed by atoms with Crippen molar-refractivity contribution in [3.05, 3.63) is 71.4 Å². The molecule has 40 heavy (non-hydrogen) atoms. The van der Waals surface area contributed by atoms with Gasteiger partial charge in [0.05, 0.1) is 35.1 Å². The van der Waals surface area contributed by atoms with Gasteiger partial charge in [-0.3, -0.25) is 4.79 Å². The predicted octanol–water partition coefficient (Wildman–Crippen LogP) is 5.03. The highest BCUT2D eigenvalue weighted by Crippen LogP contribution is 2.52. The summed E-state index contributed by atoms with van der Waals surface area (Å²) < 4.78 is 7.45. The number of pyridine rings is 3. The Kier molecular flexibility index (Phi) is 5.90. The van der Waals surface area contributed by atoms with Crippen molar-refractivity contribution in [1.29, 1.82) is 5.26 Å². The van der Waals surface area contributed by atoms with Gasteiger partial charge < -0.3 is 15.0 Å². The van der Waals surface area contributed by atoms with E-state index in [2.05, 4.69) is 38.5 Å². The zero-order valence-electron chi connectivity index (χ0n) is 22.0. The standard InChI is InChI=1S/C30H28ClN7O2/c1-2-40-23-10-24(28-20(14-32)16-35-37(28)17-23)19-5-6-26(34-15-19)38-21-8-18-9-22(38)13-30(11-18,12-21)36-29(39)27-25(31)4-3-7-33-27/h3-7,10,15-18,21-22H,2,8-9,11-13H2,1H3,(H,36,39)/t18-,21-,22+,30-. The molecule has 0 radical (unpaired) electrons. The molecule has 4 atom stereocenters. The fourth-order valence-electron chi connectivity index (χ4n) is 7.35. The first-order chi connectivity index (χ1) is 19.5. The van der Waals surface area contributed by atoms with Crippen LogP contribution in [0.4, 0.5) is 5.82 Å². The van der Waals surface area contributed by atoms with Gasteiger partial charge in [0.2, 0.25) is 0 Å². The molecular formula is C30H28ClN7O2. The van der Waals surface area contributed by atoms with Crippen molar-refractivity contribution in [1.82, 2.24) is 24.9 Å². The maximum absolute atomic E-state index is 13.1. The highest BCUT2D eigenvalue weighted by atomic mass is 35.5. The number of hydrogen-bond acceptors (Lipinski definition) is 7. The summed E-state index contributed by atoms with van der Waals surface area (Å²) in [4.78, 5) is 24.7. The Hall–Kier alpha value is -4.16.